The summed E-state index contributed by atoms with van der Waals surface area (Å²) in [5, 5.41) is 3.27. The quantitative estimate of drug-likeness (QED) is 0.850. The largest absolute Gasteiger partial charge is 0.385 e. The number of anilines is 1. The van der Waals surface area contributed by atoms with Gasteiger partial charge >= 0.3 is 0 Å². The average molecular weight is 260 g/mol. The second-order valence-electron chi connectivity index (χ2n) is 5.22. The van der Waals surface area contributed by atoms with E-state index in [1.165, 1.54) is 19.3 Å². The molecule has 1 aromatic carbocycles. The summed E-state index contributed by atoms with van der Waals surface area (Å²) in [6.07, 6.45) is 3.88. The van der Waals surface area contributed by atoms with Crippen molar-refractivity contribution in [3.05, 3.63) is 29.8 Å². The molecule has 0 bridgehead atoms. The van der Waals surface area contributed by atoms with Gasteiger partial charge in [0.1, 0.15) is 0 Å². The summed E-state index contributed by atoms with van der Waals surface area (Å²) in [6.45, 7) is 6.64. The SMILES string of the molecule is CCNc1ccccc1C(=O)N(CC)CC1CCC1. The zero-order valence-corrected chi connectivity index (χ0v) is 12.0. The molecule has 0 saturated heterocycles. The second-order valence-corrected chi connectivity index (χ2v) is 5.22. The van der Waals surface area contributed by atoms with Crippen LogP contribution in [-0.2, 0) is 0 Å². The van der Waals surface area contributed by atoms with E-state index >= 15 is 0 Å². The molecule has 0 radical (unpaired) electrons. The van der Waals surface area contributed by atoms with Crippen LogP contribution in [-0.4, -0.2) is 30.4 Å². The van der Waals surface area contributed by atoms with Gasteiger partial charge in [0.25, 0.3) is 5.91 Å². The topological polar surface area (TPSA) is 32.3 Å². The highest BCUT2D eigenvalue weighted by Crippen LogP contribution is 2.28. The van der Waals surface area contributed by atoms with Crippen molar-refractivity contribution in [1.82, 2.24) is 4.90 Å². The van der Waals surface area contributed by atoms with Gasteiger partial charge in [-0.15, -0.1) is 0 Å². The van der Waals surface area contributed by atoms with Crippen LogP contribution in [0.25, 0.3) is 0 Å². The third-order valence-electron chi connectivity index (χ3n) is 3.90. The van der Waals surface area contributed by atoms with E-state index in [-0.39, 0.29) is 5.91 Å². The molecular formula is C16H24N2O. The second kappa shape index (κ2) is 6.60. The van der Waals surface area contributed by atoms with E-state index in [1.807, 2.05) is 36.1 Å². The molecule has 2 rings (SSSR count). The van der Waals surface area contributed by atoms with E-state index in [4.69, 9.17) is 0 Å². The Kier molecular flexibility index (Phi) is 4.83. The van der Waals surface area contributed by atoms with E-state index in [9.17, 15) is 4.79 Å². The third kappa shape index (κ3) is 3.28. The van der Waals surface area contributed by atoms with Gasteiger partial charge in [-0.05, 0) is 44.7 Å². The summed E-state index contributed by atoms with van der Waals surface area (Å²) in [7, 11) is 0. The highest BCUT2D eigenvalue weighted by Gasteiger charge is 2.24. The van der Waals surface area contributed by atoms with Crippen molar-refractivity contribution in [3.8, 4) is 0 Å². The number of carbonyl (C=O) groups excluding carboxylic acids is 1. The van der Waals surface area contributed by atoms with Crippen molar-refractivity contribution >= 4 is 11.6 Å². The van der Waals surface area contributed by atoms with Crippen molar-refractivity contribution in [2.45, 2.75) is 33.1 Å². The molecule has 1 saturated carbocycles. The molecule has 104 valence electrons. The number of nitrogens with zero attached hydrogens (tertiary/aromatic N) is 1. The smallest absolute Gasteiger partial charge is 0.255 e. The Labute approximate surface area is 116 Å². The number of para-hydroxylation sites is 1. The molecule has 0 heterocycles. The first kappa shape index (κ1) is 13.9. The van der Waals surface area contributed by atoms with Crippen LogP contribution in [0.4, 0.5) is 5.69 Å². The van der Waals surface area contributed by atoms with Crippen LogP contribution in [0, 0.1) is 5.92 Å². The van der Waals surface area contributed by atoms with Gasteiger partial charge in [0.2, 0.25) is 0 Å². The van der Waals surface area contributed by atoms with Crippen molar-refractivity contribution in [2.24, 2.45) is 5.92 Å². The molecule has 1 N–H and O–H groups in total. The summed E-state index contributed by atoms with van der Waals surface area (Å²) in [5.74, 6) is 0.876. The summed E-state index contributed by atoms with van der Waals surface area (Å²) in [4.78, 5) is 14.6. The lowest BCUT2D eigenvalue weighted by molar-refractivity contribution is 0.0707. The Morgan fingerprint density at radius 3 is 2.63 bits per heavy atom. The molecular weight excluding hydrogens is 236 g/mol. The maximum atomic E-state index is 12.6. The van der Waals surface area contributed by atoms with Gasteiger partial charge < -0.3 is 10.2 Å². The molecule has 0 aliphatic heterocycles. The van der Waals surface area contributed by atoms with Gasteiger partial charge in [-0.2, -0.15) is 0 Å². The summed E-state index contributed by atoms with van der Waals surface area (Å²) < 4.78 is 0. The summed E-state index contributed by atoms with van der Waals surface area (Å²) in [6, 6.07) is 7.81. The normalized spacial score (nSPS) is 14.8. The fraction of sp³-hybridized carbons (Fsp3) is 0.562. The zero-order chi connectivity index (χ0) is 13.7. The molecule has 1 aliphatic carbocycles. The lowest BCUT2D eigenvalue weighted by atomic mass is 9.85. The Morgan fingerprint density at radius 1 is 1.32 bits per heavy atom. The number of carbonyl (C=O) groups is 1. The number of rotatable bonds is 6. The highest BCUT2D eigenvalue weighted by atomic mass is 16.2. The van der Waals surface area contributed by atoms with E-state index in [0.717, 1.165) is 36.8 Å². The van der Waals surface area contributed by atoms with E-state index < -0.39 is 0 Å². The molecule has 0 unspecified atom stereocenters. The molecule has 1 aliphatic rings. The Morgan fingerprint density at radius 2 is 2.05 bits per heavy atom. The fourth-order valence-corrected chi connectivity index (χ4v) is 2.53. The Balaban J connectivity index is 2.11. The molecule has 3 heteroatoms. The maximum absolute atomic E-state index is 12.6. The first-order valence-corrected chi connectivity index (χ1v) is 7.38. The van der Waals surface area contributed by atoms with Crippen molar-refractivity contribution in [1.29, 1.82) is 0 Å². The summed E-state index contributed by atoms with van der Waals surface area (Å²) >= 11 is 0. The van der Waals surface area contributed by atoms with E-state index in [1.54, 1.807) is 0 Å². The lowest BCUT2D eigenvalue weighted by Gasteiger charge is -2.32. The number of nitrogens with one attached hydrogen (secondary N) is 1. The van der Waals surface area contributed by atoms with Crippen LogP contribution in [0.15, 0.2) is 24.3 Å². The molecule has 1 aromatic rings. The maximum Gasteiger partial charge on any atom is 0.255 e. The minimum atomic E-state index is 0.158. The molecule has 1 amide bonds. The van der Waals surface area contributed by atoms with Gasteiger partial charge in [0.05, 0.1) is 5.56 Å². The standard InChI is InChI=1S/C16H24N2O/c1-3-17-15-11-6-5-10-14(15)16(19)18(4-2)12-13-8-7-9-13/h5-6,10-11,13,17H,3-4,7-9,12H2,1-2H3. The Hall–Kier alpha value is -1.51. The van der Waals surface area contributed by atoms with E-state index in [2.05, 4.69) is 12.2 Å². The lowest BCUT2D eigenvalue weighted by Crippen LogP contribution is -2.37. The van der Waals surface area contributed by atoms with Crippen LogP contribution < -0.4 is 5.32 Å². The molecule has 0 aromatic heterocycles. The van der Waals surface area contributed by atoms with Crippen molar-refractivity contribution < 1.29 is 4.79 Å². The fourth-order valence-electron chi connectivity index (χ4n) is 2.53. The van der Waals surface area contributed by atoms with Crippen molar-refractivity contribution in [3.63, 3.8) is 0 Å². The van der Waals surface area contributed by atoms with Crippen molar-refractivity contribution in [2.75, 3.05) is 25.0 Å². The predicted molar refractivity (Wildman–Crippen MR) is 79.5 cm³/mol. The van der Waals surface area contributed by atoms with Gasteiger partial charge in [0, 0.05) is 25.3 Å². The molecule has 19 heavy (non-hydrogen) atoms. The van der Waals surface area contributed by atoms with Gasteiger partial charge in [-0.3, -0.25) is 4.79 Å². The molecule has 3 nitrogen and oxygen atoms in total. The van der Waals surface area contributed by atoms with E-state index in [0.29, 0.717) is 0 Å². The zero-order valence-electron chi connectivity index (χ0n) is 12.0. The predicted octanol–water partition coefficient (Wildman–Crippen LogP) is 3.38. The minimum Gasteiger partial charge on any atom is -0.385 e. The van der Waals surface area contributed by atoms with Crippen LogP contribution in [0.5, 0.6) is 0 Å². The molecule has 0 spiro atoms. The third-order valence-corrected chi connectivity index (χ3v) is 3.90. The van der Waals surface area contributed by atoms with Crippen LogP contribution in [0.2, 0.25) is 0 Å². The average Bonchev–Trinajstić information content (AvgIpc) is 2.38. The molecule has 0 atom stereocenters. The first-order valence-electron chi connectivity index (χ1n) is 7.38. The monoisotopic (exact) mass is 260 g/mol. The van der Waals surface area contributed by atoms with Gasteiger partial charge in [-0.25, -0.2) is 0 Å². The first-order chi connectivity index (χ1) is 9.26. The van der Waals surface area contributed by atoms with Gasteiger partial charge in [-0.1, -0.05) is 18.6 Å². The molecule has 1 fully saturated rings. The van der Waals surface area contributed by atoms with Crippen LogP contribution in [0.3, 0.4) is 0 Å². The summed E-state index contributed by atoms with van der Waals surface area (Å²) in [5.41, 5.74) is 1.74. The number of hydrogen-bond acceptors (Lipinski definition) is 2. The van der Waals surface area contributed by atoms with Gasteiger partial charge in [0.15, 0.2) is 0 Å². The highest BCUT2D eigenvalue weighted by molar-refractivity contribution is 5.99. The number of hydrogen-bond donors (Lipinski definition) is 1. The Bertz CT molecular complexity index is 427. The minimum absolute atomic E-state index is 0.158. The number of amides is 1. The van der Waals surface area contributed by atoms with Crippen LogP contribution >= 0.6 is 0 Å². The number of benzene rings is 1. The van der Waals surface area contributed by atoms with Crippen LogP contribution in [0.1, 0.15) is 43.5 Å².